The molecule has 0 bridgehead atoms. The molecule has 2 aliphatic rings. The second-order valence-electron chi connectivity index (χ2n) is 14.6. The number of benzene rings is 3. The molecular weight excluding hydrogens is 731 g/mol. The maximum atomic E-state index is 14.6. The minimum absolute atomic E-state index is 0.00675. The number of carbonyl (C=O) groups excluding carboxylic acids is 5. The van der Waals surface area contributed by atoms with Crippen LogP contribution in [0.15, 0.2) is 89.3 Å². The molecule has 2 fully saturated rings. The fraction of sp³-hybridized carbons (Fsp3) is 0.429. The summed E-state index contributed by atoms with van der Waals surface area (Å²) in [6.07, 6.45) is -0.161. The first kappa shape index (κ1) is 41.0. The van der Waals surface area contributed by atoms with E-state index in [1.165, 1.54) is 4.90 Å². The van der Waals surface area contributed by atoms with E-state index in [9.17, 15) is 24.0 Å². The Hall–Kier alpha value is -5.64. The highest BCUT2D eigenvalue weighted by molar-refractivity contribution is 6.00. The number of hydrazine groups is 1. The molecule has 4 aromatic rings. The van der Waals surface area contributed by atoms with Gasteiger partial charge in [-0.1, -0.05) is 79.2 Å². The highest BCUT2D eigenvalue weighted by Gasteiger charge is 2.45. The number of ether oxygens (including phenoxy) is 2. The number of likely N-dealkylation sites (tertiary alicyclic amines) is 1. The van der Waals surface area contributed by atoms with Gasteiger partial charge in [0.05, 0.1) is 12.6 Å². The lowest BCUT2D eigenvalue weighted by Gasteiger charge is -2.32. The quantitative estimate of drug-likeness (QED) is 0.0783. The van der Waals surface area contributed by atoms with Crippen LogP contribution in [0.1, 0.15) is 60.3 Å². The van der Waals surface area contributed by atoms with Gasteiger partial charge in [-0.3, -0.25) is 20.2 Å². The zero-order valence-corrected chi connectivity index (χ0v) is 32.0. The zero-order valence-electron chi connectivity index (χ0n) is 32.0. The van der Waals surface area contributed by atoms with Crippen molar-refractivity contribution in [3.05, 3.63) is 102 Å². The third-order valence-corrected chi connectivity index (χ3v) is 10.5. The number of nitrogens with one attached hydrogen (secondary N) is 1. The summed E-state index contributed by atoms with van der Waals surface area (Å²) in [4.78, 5) is 76.8. The SMILES string of the molecule is NCCCC[C@H](CC(=O)[C@@H]1C[C@@H](OC(=O)N2CCN(N)CC2)CN1C(=O)[C@@H](CCc1ccccc1)NC(=O)OCc1ccccc1)C(=O)c1nc2ccccc2o1. The van der Waals surface area contributed by atoms with Gasteiger partial charge in [0.15, 0.2) is 11.4 Å². The molecule has 2 aliphatic heterocycles. The second-order valence-corrected chi connectivity index (χ2v) is 14.6. The summed E-state index contributed by atoms with van der Waals surface area (Å²) in [5.74, 6) is 3.67. The Morgan fingerprint density at radius 3 is 2.25 bits per heavy atom. The Balaban J connectivity index is 1.23. The number of piperazine rings is 1. The van der Waals surface area contributed by atoms with Crippen LogP contribution in [0.3, 0.4) is 0 Å². The molecule has 3 aromatic carbocycles. The molecule has 6 rings (SSSR count). The molecule has 3 amide bonds. The Morgan fingerprint density at radius 1 is 0.860 bits per heavy atom. The number of aryl methyl sites for hydroxylation is 1. The van der Waals surface area contributed by atoms with E-state index in [2.05, 4.69) is 10.3 Å². The van der Waals surface area contributed by atoms with Crippen molar-refractivity contribution >= 4 is 40.8 Å². The number of alkyl carbamates (subject to hydrolysis) is 1. The number of rotatable bonds is 17. The summed E-state index contributed by atoms with van der Waals surface area (Å²) in [5, 5.41) is 4.37. The summed E-state index contributed by atoms with van der Waals surface area (Å²) >= 11 is 0. The Morgan fingerprint density at radius 2 is 1.54 bits per heavy atom. The predicted octanol–water partition coefficient (Wildman–Crippen LogP) is 4.24. The lowest BCUT2D eigenvalue weighted by atomic mass is 9.89. The van der Waals surface area contributed by atoms with Crippen LogP contribution in [0.4, 0.5) is 9.59 Å². The van der Waals surface area contributed by atoms with Crippen LogP contribution < -0.4 is 16.9 Å². The number of ketones is 2. The summed E-state index contributed by atoms with van der Waals surface area (Å²) < 4.78 is 17.2. The average Bonchev–Trinajstić information content (AvgIpc) is 3.87. The molecule has 3 heterocycles. The lowest BCUT2D eigenvalue weighted by molar-refractivity contribution is -0.139. The van der Waals surface area contributed by atoms with Gasteiger partial charge in [-0.05, 0) is 55.5 Å². The van der Waals surface area contributed by atoms with Crippen molar-refractivity contribution in [1.82, 2.24) is 25.1 Å². The molecular formula is C42H51N7O8. The number of carbonyl (C=O) groups is 5. The first-order valence-electron chi connectivity index (χ1n) is 19.6. The number of fused-ring (bicyclic) bond motifs is 1. The van der Waals surface area contributed by atoms with Gasteiger partial charge in [0.1, 0.15) is 24.3 Å². The van der Waals surface area contributed by atoms with E-state index in [0.717, 1.165) is 11.1 Å². The fourth-order valence-electron chi connectivity index (χ4n) is 7.27. The Kier molecular flexibility index (Phi) is 14.4. The summed E-state index contributed by atoms with van der Waals surface area (Å²) in [5.41, 5.74) is 8.47. The van der Waals surface area contributed by atoms with Crippen molar-refractivity contribution in [3.63, 3.8) is 0 Å². The van der Waals surface area contributed by atoms with Crippen molar-refractivity contribution in [2.75, 3.05) is 39.3 Å². The smallest absolute Gasteiger partial charge is 0.410 e. The van der Waals surface area contributed by atoms with E-state index in [0.29, 0.717) is 69.5 Å². The molecule has 15 nitrogen and oxygen atoms in total. The van der Waals surface area contributed by atoms with E-state index in [-0.39, 0.29) is 44.1 Å². The first-order chi connectivity index (χ1) is 27.7. The average molecular weight is 782 g/mol. The molecule has 57 heavy (non-hydrogen) atoms. The van der Waals surface area contributed by atoms with Gasteiger partial charge in [-0.2, -0.15) is 0 Å². The number of unbranched alkanes of at least 4 members (excludes halogenated alkanes) is 1. The van der Waals surface area contributed by atoms with Crippen molar-refractivity contribution in [3.8, 4) is 0 Å². The lowest BCUT2D eigenvalue weighted by Crippen LogP contribution is -2.52. The number of nitrogens with two attached hydrogens (primary N) is 2. The number of aromatic nitrogens is 1. The number of Topliss-reactive ketones (excluding diaryl/α,β-unsaturated/α-hetero) is 2. The molecule has 1 aromatic heterocycles. The van der Waals surface area contributed by atoms with Crippen LogP contribution in [-0.4, -0.2) is 107 Å². The van der Waals surface area contributed by atoms with E-state index in [1.54, 1.807) is 34.2 Å². The third-order valence-electron chi connectivity index (χ3n) is 10.5. The van der Waals surface area contributed by atoms with E-state index in [1.807, 2.05) is 60.7 Å². The van der Waals surface area contributed by atoms with Crippen molar-refractivity contribution in [2.45, 2.75) is 69.7 Å². The van der Waals surface area contributed by atoms with Gasteiger partial charge in [0, 0.05) is 44.9 Å². The molecule has 302 valence electrons. The van der Waals surface area contributed by atoms with Gasteiger partial charge >= 0.3 is 12.2 Å². The van der Waals surface area contributed by atoms with Gasteiger partial charge in [-0.25, -0.2) is 19.6 Å². The second kappa shape index (κ2) is 20.0. The standard InChI is InChI=1S/C42H51N7O8/c43-20-10-9-15-31(38(51)39-45-33-16-7-8-17-37(33)57-39)25-36(50)35-26-32(56-42(54)47-21-23-48(44)24-22-47)27-49(35)40(52)34(19-18-29-11-3-1-4-12-29)46-41(53)55-28-30-13-5-2-6-14-30/h1-8,11-14,16-17,31-32,34-35H,9-10,15,18-28,43-44H2,(H,46,53)/t31-,32-,34-,35+/m1/s1. The largest absolute Gasteiger partial charge is 0.445 e. The fourth-order valence-corrected chi connectivity index (χ4v) is 7.27. The van der Waals surface area contributed by atoms with Gasteiger partial charge in [0.25, 0.3) is 5.89 Å². The summed E-state index contributed by atoms with van der Waals surface area (Å²) in [7, 11) is 0. The van der Waals surface area contributed by atoms with Gasteiger partial charge < -0.3 is 34.7 Å². The molecule has 0 aliphatic carbocycles. The number of hydrogen-bond donors (Lipinski definition) is 3. The summed E-state index contributed by atoms with van der Waals surface area (Å²) in [6.45, 7) is 2.00. The highest BCUT2D eigenvalue weighted by atomic mass is 16.6. The van der Waals surface area contributed by atoms with Crippen LogP contribution in [0.5, 0.6) is 0 Å². The van der Waals surface area contributed by atoms with E-state index in [4.69, 9.17) is 25.5 Å². The molecule has 0 radical (unpaired) electrons. The van der Waals surface area contributed by atoms with E-state index < -0.39 is 48.0 Å². The molecule has 0 spiro atoms. The molecule has 0 unspecified atom stereocenters. The van der Waals surface area contributed by atoms with Crippen LogP contribution in [0, 0.1) is 5.92 Å². The minimum Gasteiger partial charge on any atom is -0.445 e. The van der Waals surface area contributed by atoms with Crippen LogP contribution in [0.2, 0.25) is 0 Å². The number of nitrogens with zero attached hydrogens (tertiary/aromatic N) is 4. The molecule has 5 N–H and O–H groups in total. The maximum absolute atomic E-state index is 14.6. The number of hydrogen-bond acceptors (Lipinski definition) is 12. The van der Waals surface area contributed by atoms with E-state index >= 15 is 0 Å². The number of oxazole rings is 1. The first-order valence-corrected chi connectivity index (χ1v) is 19.6. The molecule has 2 saturated heterocycles. The predicted molar refractivity (Wildman–Crippen MR) is 210 cm³/mol. The minimum atomic E-state index is -1.09. The highest BCUT2D eigenvalue weighted by Crippen LogP contribution is 2.29. The molecule has 4 atom stereocenters. The van der Waals surface area contributed by atoms with Crippen LogP contribution >= 0.6 is 0 Å². The topological polar surface area (TPSA) is 204 Å². The molecule has 15 heteroatoms. The zero-order chi connectivity index (χ0) is 40.1. The van der Waals surface area contributed by atoms with Crippen molar-refractivity contribution in [2.24, 2.45) is 17.5 Å². The maximum Gasteiger partial charge on any atom is 0.410 e. The van der Waals surface area contributed by atoms with Gasteiger partial charge in [0.2, 0.25) is 11.7 Å². The summed E-state index contributed by atoms with van der Waals surface area (Å²) in [6, 6.07) is 23.6. The van der Waals surface area contributed by atoms with Crippen molar-refractivity contribution in [1.29, 1.82) is 0 Å². The van der Waals surface area contributed by atoms with Crippen LogP contribution in [0.25, 0.3) is 11.1 Å². The van der Waals surface area contributed by atoms with Crippen molar-refractivity contribution < 1.29 is 37.9 Å². The normalized spacial score (nSPS) is 18.2. The number of para-hydroxylation sites is 2. The van der Waals surface area contributed by atoms with Crippen LogP contribution in [-0.2, 0) is 32.1 Å². The van der Waals surface area contributed by atoms with Gasteiger partial charge in [-0.15, -0.1) is 0 Å². The third kappa shape index (κ3) is 11.2. The Labute approximate surface area is 331 Å². The Bertz CT molecular complexity index is 1940. The monoisotopic (exact) mass is 781 g/mol. The molecule has 0 saturated carbocycles. The number of amides is 3.